The Morgan fingerprint density at radius 2 is 1.68 bits per heavy atom. The molecule has 0 bridgehead atoms. The first-order valence-electron chi connectivity index (χ1n) is 6.87. The molecule has 0 atom stereocenters. The summed E-state index contributed by atoms with van der Waals surface area (Å²) in [6, 6.07) is 19.5. The summed E-state index contributed by atoms with van der Waals surface area (Å²) in [5.41, 5.74) is 3.00. The molecular formula is C18H14BrNO2. The maximum absolute atomic E-state index is 12.1. The smallest absolute Gasteiger partial charge is 0.418 e. The van der Waals surface area contributed by atoms with Crippen LogP contribution in [-0.4, -0.2) is 10.7 Å². The fourth-order valence-electron chi connectivity index (χ4n) is 2.12. The standard InChI is InChI=1S/C18H14BrNO2/c19-17-8-6-15(7-9-17)16-10-11-20(12-16)18(21)22-13-14-4-2-1-3-5-14/h1-12H,13H2. The van der Waals surface area contributed by atoms with E-state index in [1.807, 2.05) is 60.7 Å². The molecule has 110 valence electrons. The van der Waals surface area contributed by atoms with Gasteiger partial charge in [0.15, 0.2) is 0 Å². The second-order valence-electron chi connectivity index (χ2n) is 4.85. The van der Waals surface area contributed by atoms with E-state index in [-0.39, 0.29) is 12.7 Å². The maximum Gasteiger partial charge on any atom is 0.418 e. The second-order valence-corrected chi connectivity index (χ2v) is 5.77. The predicted octanol–water partition coefficient (Wildman–Crippen LogP) is 5.10. The molecular weight excluding hydrogens is 342 g/mol. The summed E-state index contributed by atoms with van der Waals surface area (Å²) in [5.74, 6) is 0. The molecule has 0 fully saturated rings. The zero-order chi connectivity index (χ0) is 15.4. The molecule has 0 spiro atoms. The lowest BCUT2D eigenvalue weighted by Gasteiger charge is -2.05. The maximum atomic E-state index is 12.1. The molecule has 0 N–H and O–H groups in total. The van der Waals surface area contributed by atoms with Crippen molar-refractivity contribution < 1.29 is 9.53 Å². The van der Waals surface area contributed by atoms with E-state index in [1.165, 1.54) is 4.57 Å². The third-order valence-electron chi connectivity index (χ3n) is 3.29. The fourth-order valence-corrected chi connectivity index (χ4v) is 2.38. The predicted molar refractivity (Wildman–Crippen MR) is 89.6 cm³/mol. The summed E-state index contributed by atoms with van der Waals surface area (Å²) in [6.07, 6.45) is 3.11. The van der Waals surface area contributed by atoms with Gasteiger partial charge in [0.25, 0.3) is 0 Å². The highest BCUT2D eigenvalue weighted by Crippen LogP contribution is 2.22. The molecule has 0 aliphatic carbocycles. The topological polar surface area (TPSA) is 31.2 Å². The van der Waals surface area contributed by atoms with Gasteiger partial charge in [-0.2, -0.15) is 0 Å². The van der Waals surface area contributed by atoms with E-state index >= 15 is 0 Å². The van der Waals surface area contributed by atoms with Crippen molar-refractivity contribution in [1.82, 2.24) is 4.57 Å². The summed E-state index contributed by atoms with van der Waals surface area (Å²) in [6.45, 7) is 0.269. The number of hydrogen-bond acceptors (Lipinski definition) is 2. The zero-order valence-electron chi connectivity index (χ0n) is 11.8. The third-order valence-corrected chi connectivity index (χ3v) is 3.82. The Balaban J connectivity index is 1.68. The minimum atomic E-state index is -0.382. The largest absolute Gasteiger partial charge is 0.444 e. The van der Waals surface area contributed by atoms with Gasteiger partial charge in [-0.1, -0.05) is 58.4 Å². The lowest BCUT2D eigenvalue weighted by atomic mass is 10.1. The molecule has 3 rings (SSSR count). The van der Waals surface area contributed by atoms with Crippen LogP contribution < -0.4 is 0 Å². The van der Waals surface area contributed by atoms with Crippen molar-refractivity contribution in [3.05, 3.63) is 83.1 Å². The van der Waals surface area contributed by atoms with E-state index in [1.54, 1.807) is 12.4 Å². The van der Waals surface area contributed by atoms with E-state index in [2.05, 4.69) is 15.9 Å². The first kappa shape index (κ1) is 14.6. The van der Waals surface area contributed by atoms with Crippen LogP contribution in [0, 0.1) is 0 Å². The molecule has 22 heavy (non-hydrogen) atoms. The minimum Gasteiger partial charge on any atom is -0.444 e. The Kier molecular flexibility index (Phi) is 4.39. The van der Waals surface area contributed by atoms with Gasteiger partial charge in [0, 0.05) is 16.9 Å². The van der Waals surface area contributed by atoms with Gasteiger partial charge in [0.05, 0.1) is 0 Å². The molecule has 2 aromatic carbocycles. The molecule has 0 saturated carbocycles. The van der Waals surface area contributed by atoms with Crippen LogP contribution in [0.4, 0.5) is 4.79 Å². The number of carbonyl (C=O) groups excluding carboxylic acids is 1. The lowest BCUT2D eigenvalue weighted by molar-refractivity contribution is 0.141. The van der Waals surface area contributed by atoms with Crippen LogP contribution in [0.3, 0.4) is 0 Å². The average Bonchev–Trinajstić information content (AvgIpc) is 3.04. The van der Waals surface area contributed by atoms with E-state index in [0.717, 1.165) is 21.2 Å². The molecule has 0 aliphatic heterocycles. The number of aromatic nitrogens is 1. The quantitative estimate of drug-likeness (QED) is 0.654. The van der Waals surface area contributed by atoms with E-state index in [0.29, 0.717) is 0 Å². The van der Waals surface area contributed by atoms with Crippen LogP contribution in [-0.2, 0) is 11.3 Å². The van der Waals surface area contributed by atoms with Crippen LogP contribution >= 0.6 is 15.9 Å². The lowest BCUT2D eigenvalue weighted by Crippen LogP contribution is -2.11. The summed E-state index contributed by atoms with van der Waals surface area (Å²) in [5, 5.41) is 0. The van der Waals surface area contributed by atoms with Crippen molar-refractivity contribution in [3.8, 4) is 11.1 Å². The first-order valence-corrected chi connectivity index (χ1v) is 7.67. The Bertz CT molecular complexity index is 763. The normalized spacial score (nSPS) is 10.4. The van der Waals surface area contributed by atoms with Gasteiger partial charge in [-0.25, -0.2) is 4.79 Å². The zero-order valence-corrected chi connectivity index (χ0v) is 13.4. The van der Waals surface area contributed by atoms with Crippen molar-refractivity contribution in [3.63, 3.8) is 0 Å². The van der Waals surface area contributed by atoms with Gasteiger partial charge in [-0.05, 0) is 34.9 Å². The highest BCUT2D eigenvalue weighted by Gasteiger charge is 2.08. The van der Waals surface area contributed by atoms with Gasteiger partial charge in [-0.15, -0.1) is 0 Å². The molecule has 4 heteroatoms. The summed E-state index contributed by atoms with van der Waals surface area (Å²) < 4.78 is 7.78. The highest BCUT2D eigenvalue weighted by molar-refractivity contribution is 9.10. The molecule has 0 radical (unpaired) electrons. The monoisotopic (exact) mass is 355 g/mol. The number of nitrogens with zero attached hydrogens (tertiary/aromatic N) is 1. The fraction of sp³-hybridized carbons (Fsp3) is 0.0556. The highest BCUT2D eigenvalue weighted by atomic mass is 79.9. The van der Waals surface area contributed by atoms with Crippen molar-refractivity contribution in [2.24, 2.45) is 0 Å². The van der Waals surface area contributed by atoms with E-state index in [4.69, 9.17) is 4.74 Å². The molecule has 3 aromatic rings. The number of hydrogen-bond donors (Lipinski definition) is 0. The third kappa shape index (κ3) is 3.46. The van der Waals surface area contributed by atoms with Gasteiger partial charge >= 0.3 is 6.09 Å². The number of halogens is 1. The number of benzene rings is 2. The van der Waals surface area contributed by atoms with Crippen LogP contribution in [0.2, 0.25) is 0 Å². The van der Waals surface area contributed by atoms with Gasteiger partial charge in [-0.3, -0.25) is 4.57 Å². The second kappa shape index (κ2) is 6.62. The molecule has 0 unspecified atom stereocenters. The van der Waals surface area contributed by atoms with Crippen LogP contribution in [0.25, 0.3) is 11.1 Å². The molecule has 0 amide bonds. The molecule has 0 saturated heterocycles. The Labute approximate surface area is 137 Å². The number of rotatable bonds is 3. The average molecular weight is 356 g/mol. The van der Waals surface area contributed by atoms with E-state index < -0.39 is 0 Å². The number of carbonyl (C=O) groups is 1. The summed E-state index contributed by atoms with van der Waals surface area (Å²) >= 11 is 3.41. The Hall–Kier alpha value is -2.33. The van der Waals surface area contributed by atoms with Crippen molar-refractivity contribution >= 4 is 22.0 Å². The minimum absolute atomic E-state index is 0.269. The van der Waals surface area contributed by atoms with Crippen molar-refractivity contribution in [1.29, 1.82) is 0 Å². The molecule has 0 aliphatic rings. The molecule has 1 heterocycles. The molecule has 3 nitrogen and oxygen atoms in total. The molecule has 1 aromatic heterocycles. The Morgan fingerprint density at radius 1 is 0.955 bits per heavy atom. The SMILES string of the molecule is O=C(OCc1ccccc1)n1ccc(-c2ccc(Br)cc2)c1. The number of ether oxygens (including phenoxy) is 1. The van der Waals surface area contributed by atoms with Gasteiger partial charge < -0.3 is 4.74 Å². The first-order chi connectivity index (χ1) is 10.7. The van der Waals surface area contributed by atoms with E-state index in [9.17, 15) is 4.79 Å². The van der Waals surface area contributed by atoms with Gasteiger partial charge in [0.1, 0.15) is 6.61 Å². The summed E-state index contributed by atoms with van der Waals surface area (Å²) in [4.78, 5) is 12.1. The van der Waals surface area contributed by atoms with Crippen LogP contribution in [0.5, 0.6) is 0 Å². The van der Waals surface area contributed by atoms with Crippen LogP contribution in [0.1, 0.15) is 5.56 Å². The van der Waals surface area contributed by atoms with Crippen LogP contribution in [0.15, 0.2) is 77.5 Å². The summed E-state index contributed by atoms with van der Waals surface area (Å²) in [7, 11) is 0. The van der Waals surface area contributed by atoms with Crippen molar-refractivity contribution in [2.75, 3.05) is 0 Å². The van der Waals surface area contributed by atoms with Gasteiger partial charge in [0.2, 0.25) is 0 Å². The van der Waals surface area contributed by atoms with Crippen molar-refractivity contribution in [2.45, 2.75) is 6.61 Å². The Morgan fingerprint density at radius 3 is 2.41 bits per heavy atom.